The van der Waals surface area contributed by atoms with Crippen LogP contribution in [0.15, 0.2) is 34.7 Å². The van der Waals surface area contributed by atoms with E-state index < -0.39 is 0 Å². The molecule has 16 heavy (non-hydrogen) atoms. The van der Waals surface area contributed by atoms with Crippen molar-refractivity contribution in [1.82, 2.24) is 0 Å². The van der Waals surface area contributed by atoms with Gasteiger partial charge in [-0.1, -0.05) is 18.2 Å². The first-order valence-electron chi connectivity index (χ1n) is 5.54. The SMILES string of the molecule is O=Cc1ccc(-c2cccc3c2CCC3)o1. The Morgan fingerprint density at radius 3 is 2.88 bits per heavy atom. The Morgan fingerprint density at radius 2 is 2.06 bits per heavy atom. The third-order valence-electron chi connectivity index (χ3n) is 3.15. The van der Waals surface area contributed by atoms with Gasteiger partial charge in [-0.15, -0.1) is 0 Å². The molecule has 1 aromatic carbocycles. The number of hydrogen-bond acceptors (Lipinski definition) is 2. The fraction of sp³-hybridized carbons (Fsp3) is 0.214. The largest absolute Gasteiger partial charge is 0.453 e. The highest BCUT2D eigenvalue weighted by Gasteiger charge is 2.16. The van der Waals surface area contributed by atoms with Crippen molar-refractivity contribution in [2.75, 3.05) is 0 Å². The third-order valence-corrected chi connectivity index (χ3v) is 3.15. The molecule has 0 atom stereocenters. The van der Waals surface area contributed by atoms with Crippen molar-refractivity contribution in [2.24, 2.45) is 0 Å². The zero-order valence-electron chi connectivity index (χ0n) is 8.90. The molecule has 2 heteroatoms. The van der Waals surface area contributed by atoms with Crippen LogP contribution in [0.1, 0.15) is 28.1 Å². The zero-order chi connectivity index (χ0) is 11.0. The number of fused-ring (bicyclic) bond motifs is 1. The number of carbonyl (C=O) groups is 1. The Hall–Kier alpha value is -1.83. The minimum absolute atomic E-state index is 0.394. The molecule has 0 N–H and O–H groups in total. The predicted octanol–water partition coefficient (Wildman–Crippen LogP) is 3.25. The van der Waals surface area contributed by atoms with Gasteiger partial charge in [0.1, 0.15) is 5.76 Å². The molecule has 3 rings (SSSR count). The lowest BCUT2D eigenvalue weighted by molar-refractivity contribution is 0.110. The van der Waals surface area contributed by atoms with Crippen molar-refractivity contribution in [3.05, 3.63) is 47.2 Å². The van der Waals surface area contributed by atoms with Crippen molar-refractivity contribution in [3.63, 3.8) is 0 Å². The number of rotatable bonds is 2. The van der Waals surface area contributed by atoms with E-state index in [-0.39, 0.29) is 0 Å². The summed E-state index contributed by atoms with van der Waals surface area (Å²) in [4.78, 5) is 10.6. The fourth-order valence-electron chi connectivity index (χ4n) is 2.41. The summed E-state index contributed by atoms with van der Waals surface area (Å²) >= 11 is 0. The maximum atomic E-state index is 10.6. The van der Waals surface area contributed by atoms with E-state index in [4.69, 9.17) is 4.42 Å². The smallest absolute Gasteiger partial charge is 0.185 e. The van der Waals surface area contributed by atoms with Crippen LogP contribution in [0.5, 0.6) is 0 Å². The van der Waals surface area contributed by atoms with Crippen LogP contribution in [0.2, 0.25) is 0 Å². The van der Waals surface area contributed by atoms with E-state index in [1.54, 1.807) is 6.07 Å². The number of benzene rings is 1. The molecule has 0 aliphatic heterocycles. The number of hydrogen-bond donors (Lipinski definition) is 0. The first kappa shape index (κ1) is 9.40. The van der Waals surface area contributed by atoms with E-state index in [0.717, 1.165) is 30.5 Å². The summed E-state index contributed by atoms with van der Waals surface area (Å²) in [5, 5.41) is 0. The number of carbonyl (C=O) groups excluding carboxylic acids is 1. The van der Waals surface area contributed by atoms with Crippen LogP contribution in [-0.4, -0.2) is 6.29 Å². The molecule has 0 saturated carbocycles. The van der Waals surface area contributed by atoms with E-state index in [9.17, 15) is 4.79 Å². The average molecular weight is 212 g/mol. The quantitative estimate of drug-likeness (QED) is 0.715. The van der Waals surface area contributed by atoms with E-state index in [1.165, 1.54) is 17.5 Å². The molecule has 0 fully saturated rings. The van der Waals surface area contributed by atoms with Gasteiger partial charge in [0.25, 0.3) is 0 Å². The first-order chi connectivity index (χ1) is 7.88. The van der Waals surface area contributed by atoms with Crippen LogP contribution < -0.4 is 0 Å². The monoisotopic (exact) mass is 212 g/mol. The molecule has 1 aliphatic carbocycles. The Morgan fingerprint density at radius 1 is 1.12 bits per heavy atom. The summed E-state index contributed by atoms with van der Waals surface area (Å²) in [7, 11) is 0. The van der Waals surface area contributed by atoms with Gasteiger partial charge >= 0.3 is 0 Å². The lowest BCUT2D eigenvalue weighted by Gasteiger charge is -2.04. The lowest BCUT2D eigenvalue weighted by Crippen LogP contribution is -1.86. The Bertz CT molecular complexity index is 537. The van der Waals surface area contributed by atoms with E-state index in [0.29, 0.717) is 5.76 Å². The van der Waals surface area contributed by atoms with Gasteiger partial charge in [0.15, 0.2) is 12.0 Å². The number of furan rings is 1. The predicted molar refractivity (Wildman–Crippen MR) is 61.6 cm³/mol. The van der Waals surface area contributed by atoms with E-state index in [2.05, 4.69) is 18.2 Å². The molecule has 1 heterocycles. The van der Waals surface area contributed by atoms with Gasteiger partial charge < -0.3 is 4.42 Å². The van der Waals surface area contributed by atoms with E-state index in [1.807, 2.05) is 6.07 Å². The van der Waals surface area contributed by atoms with Crippen molar-refractivity contribution in [3.8, 4) is 11.3 Å². The van der Waals surface area contributed by atoms with Crippen molar-refractivity contribution < 1.29 is 9.21 Å². The number of aldehydes is 1. The second-order valence-electron chi connectivity index (χ2n) is 4.12. The van der Waals surface area contributed by atoms with Gasteiger partial charge in [0.05, 0.1) is 0 Å². The maximum absolute atomic E-state index is 10.6. The van der Waals surface area contributed by atoms with Gasteiger partial charge in [0.2, 0.25) is 0 Å². The van der Waals surface area contributed by atoms with Gasteiger partial charge in [-0.2, -0.15) is 0 Å². The van der Waals surface area contributed by atoms with Gasteiger partial charge in [-0.3, -0.25) is 4.79 Å². The molecule has 0 bridgehead atoms. The molecule has 0 spiro atoms. The lowest BCUT2D eigenvalue weighted by atomic mass is 10.0. The topological polar surface area (TPSA) is 30.2 Å². The number of aryl methyl sites for hydroxylation is 1. The molecular formula is C14H12O2. The van der Waals surface area contributed by atoms with Crippen LogP contribution in [-0.2, 0) is 12.8 Å². The van der Waals surface area contributed by atoms with Crippen molar-refractivity contribution in [1.29, 1.82) is 0 Å². The summed E-state index contributed by atoms with van der Waals surface area (Å²) in [6, 6.07) is 9.89. The first-order valence-corrected chi connectivity index (χ1v) is 5.54. The second-order valence-corrected chi connectivity index (χ2v) is 4.12. The molecule has 80 valence electrons. The Labute approximate surface area is 93.9 Å². The van der Waals surface area contributed by atoms with Gasteiger partial charge in [-0.05, 0) is 42.5 Å². The van der Waals surface area contributed by atoms with Crippen LogP contribution in [0, 0.1) is 0 Å². The molecule has 0 unspecified atom stereocenters. The van der Waals surface area contributed by atoms with Crippen LogP contribution in [0.25, 0.3) is 11.3 Å². The summed E-state index contributed by atoms with van der Waals surface area (Å²) in [5.41, 5.74) is 3.94. The fourth-order valence-corrected chi connectivity index (χ4v) is 2.41. The standard InChI is InChI=1S/C14H12O2/c15-9-11-7-8-14(16-11)13-6-2-4-10-3-1-5-12(10)13/h2,4,6-9H,1,3,5H2. The third kappa shape index (κ3) is 1.38. The Kier molecular flexibility index (Phi) is 2.13. The molecule has 0 amide bonds. The molecule has 2 nitrogen and oxygen atoms in total. The molecule has 1 aromatic heterocycles. The zero-order valence-corrected chi connectivity index (χ0v) is 8.90. The average Bonchev–Trinajstić information content (AvgIpc) is 2.97. The molecule has 2 aromatic rings. The molecular weight excluding hydrogens is 200 g/mol. The molecule has 0 saturated heterocycles. The summed E-state index contributed by atoms with van der Waals surface area (Å²) in [6.07, 6.45) is 4.23. The van der Waals surface area contributed by atoms with Crippen LogP contribution in [0.3, 0.4) is 0 Å². The minimum atomic E-state index is 0.394. The highest BCUT2D eigenvalue weighted by atomic mass is 16.3. The minimum Gasteiger partial charge on any atom is -0.453 e. The van der Waals surface area contributed by atoms with Crippen molar-refractivity contribution >= 4 is 6.29 Å². The summed E-state index contributed by atoms with van der Waals surface area (Å²) < 4.78 is 5.48. The molecule has 0 radical (unpaired) electrons. The summed E-state index contributed by atoms with van der Waals surface area (Å²) in [6.45, 7) is 0. The highest BCUT2D eigenvalue weighted by molar-refractivity contribution is 5.74. The summed E-state index contributed by atoms with van der Waals surface area (Å²) in [5.74, 6) is 1.20. The molecule has 1 aliphatic rings. The maximum Gasteiger partial charge on any atom is 0.185 e. The highest BCUT2D eigenvalue weighted by Crippen LogP contribution is 2.32. The normalized spacial score (nSPS) is 13.8. The van der Waals surface area contributed by atoms with Gasteiger partial charge in [0, 0.05) is 5.56 Å². The van der Waals surface area contributed by atoms with Crippen molar-refractivity contribution in [2.45, 2.75) is 19.3 Å². The van der Waals surface area contributed by atoms with Crippen LogP contribution in [0.4, 0.5) is 0 Å². The second kappa shape index (κ2) is 3.63. The van der Waals surface area contributed by atoms with Gasteiger partial charge in [-0.25, -0.2) is 0 Å². The van der Waals surface area contributed by atoms with E-state index >= 15 is 0 Å². The van der Waals surface area contributed by atoms with Crippen LogP contribution >= 0.6 is 0 Å². The Balaban J connectivity index is 2.13.